The fraction of sp³-hybridized carbons (Fsp3) is 0.727. The normalized spacial score (nSPS) is 22.9. The first-order valence-corrected chi connectivity index (χ1v) is 10.3. The van der Waals surface area contributed by atoms with E-state index in [1.807, 2.05) is 0 Å². The predicted octanol–water partition coefficient (Wildman–Crippen LogP) is 3.05. The Morgan fingerprint density at radius 1 is 1.04 bits per heavy atom. The van der Waals surface area contributed by atoms with Crippen molar-refractivity contribution in [3.05, 3.63) is 34.4 Å². The number of hydrogen-bond donors (Lipinski definition) is 0. The second-order valence-corrected chi connectivity index (χ2v) is 8.47. The highest BCUT2D eigenvalue weighted by molar-refractivity contribution is 5.37. The van der Waals surface area contributed by atoms with Gasteiger partial charge in [0, 0.05) is 52.4 Å². The van der Waals surface area contributed by atoms with Crippen LogP contribution in [-0.4, -0.2) is 74.2 Å². The zero-order valence-corrected chi connectivity index (χ0v) is 17.3. The summed E-state index contributed by atoms with van der Waals surface area (Å²) in [6.45, 7) is 13.3. The van der Waals surface area contributed by atoms with Gasteiger partial charge in [0.1, 0.15) is 0 Å². The van der Waals surface area contributed by atoms with E-state index in [1.165, 1.54) is 67.7 Å². The summed E-state index contributed by atoms with van der Waals surface area (Å²) in [5.41, 5.74) is 5.82. The molecular formula is C22H37N3O. The molecule has 4 nitrogen and oxygen atoms in total. The minimum atomic E-state index is 0.421. The van der Waals surface area contributed by atoms with Crippen molar-refractivity contribution in [3.63, 3.8) is 0 Å². The van der Waals surface area contributed by atoms with Gasteiger partial charge in [0.05, 0.1) is 6.10 Å². The molecule has 0 aromatic heterocycles. The smallest absolute Gasteiger partial charge is 0.0702 e. The minimum absolute atomic E-state index is 0.421. The van der Waals surface area contributed by atoms with Crippen LogP contribution in [0.1, 0.15) is 41.5 Å². The summed E-state index contributed by atoms with van der Waals surface area (Å²) >= 11 is 0. The molecule has 4 heteroatoms. The zero-order chi connectivity index (χ0) is 18.5. The number of likely N-dealkylation sites (N-methyl/N-ethyl adjacent to an activating group) is 2. The predicted molar refractivity (Wildman–Crippen MR) is 109 cm³/mol. The molecule has 0 spiro atoms. The van der Waals surface area contributed by atoms with E-state index in [4.69, 9.17) is 4.74 Å². The van der Waals surface area contributed by atoms with Crippen molar-refractivity contribution in [3.8, 4) is 0 Å². The van der Waals surface area contributed by atoms with Crippen molar-refractivity contribution < 1.29 is 4.74 Å². The van der Waals surface area contributed by atoms with E-state index in [9.17, 15) is 0 Å². The van der Waals surface area contributed by atoms with Crippen molar-refractivity contribution in [1.82, 2.24) is 14.7 Å². The van der Waals surface area contributed by atoms with Crippen molar-refractivity contribution in [2.45, 2.75) is 52.3 Å². The summed E-state index contributed by atoms with van der Waals surface area (Å²) in [5.74, 6) is 0. The van der Waals surface area contributed by atoms with Crippen LogP contribution in [0.4, 0.5) is 0 Å². The Morgan fingerprint density at radius 3 is 2.46 bits per heavy atom. The fourth-order valence-corrected chi connectivity index (χ4v) is 4.19. The molecule has 0 saturated carbocycles. The standard InChI is InChI=1S/C22H37N3O/c1-18-13-19(2)21(16-25-10-8-23(3)9-11-25)14-20(18)15-24(4)17-22-7-5-6-12-26-22/h13-14,22H,5-12,15-17H2,1-4H3. The monoisotopic (exact) mass is 359 g/mol. The Labute approximate surface area is 160 Å². The van der Waals surface area contributed by atoms with E-state index in [-0.39, 0.29) is 0 Å². The average Bonchev–Trinajstić information content (AvgIpc) is 2.62. The van der Waals surface area contributed by atoms with Gasteiger partial charge >= 0.3 is 0 Å². The molecule has 0 N–H and O–H groups in total. The molecule has 1 aromatic rings. The van der Waals surface area contributed by atoms with Crippen LogP contribution in [0.3, 0.4) is 0 Å². The number of nitrogens with zero attached hydrogens (tertiary/aromatic N) is 3. The number of benzene rings is 1. The van der Waals surface area contributed by atoms with Gasteiger partial charge in [-0.25, -0.2) is 0 Å². The lowest BCUT2D eigenvalue weighted by Crippen LogP contribution is -2.44. The first kappa shape index (κ1) is 19.8. The summed E-state index contributed by atoms with van der Waals surface area (Å²) in [6.07, 6.45) is 4.18. The van der Waals surface area contributed by atoms with Crippen molar-refractivity contribution in [1.29, 1.82) is 0 Å². The maximum absolute atomic E-state index is 5.92. The lowest BCUT2D eigenvalue weighted by Gasteiger charge is -2.33. The third-order valence-corrected chi connectivity index (χ3v) is 6.01. The van der Waals surface area contributed by atoms with Crippen LogP contribution >= 0.6 is 0 Å². The third-order valence-electron chi connectivity index (χ3n) is 6.01. The molecule has 146 valence electrons. The average molecular weight is 360 g/mol. The van der Waals surface area contributed by atoms with Gasteiger partial charge in [-0.3, -0.25) is 9.80 Å². The van der Waals surface area contributed by atoms with Crippen LogP contribution in [0.25, 0.3) is 0 Å². The van der Waals surface area contributed by atoms with Crippen LogP contribution in [0.15, 0.2) is 12.1 Å². The molecule has 2 saturated heterocycles. The van der Waals surface area contributed by atoms with E-state index in [1.54, 1.807) is 0 Å². The number of ether oxygens (including phenoxy) is 1. The highest BCUT2D eigenvalue weighted by atomic mass is 16.5. The summed E-state index contributed by atoms with van der Waals surface area (Å²) < 4.78 is 5.92. The Morgan fingerprint density at radius 2 is 1.77 bits per heavy atom. The van der Waals surface area contributed by atoms with Crippen LogP contribution in [-0.2, 0) is 17.8 Å². The molecule has 0 amide bonds. The maximum Gasteiger partial charge on any atom is 0.0702 e. The number of rotatable bonds is 6. The van der Waals surface area contributed by atoms with Crippen LogP contribution < -0.4 is 0 Å². The molecule has 0 bridgehead atoms. The molecule has 1 unspecified atom stereocenters. The fourth-order valence-electron chi connectivity index (χ4n) is 4.19. The van der Waals surface area contributed by atoms with E-state index in [2.05, 4.69) is 54.8 Å². The van der Waals surface area contributed by atoms with Gasteiger partial charge in [-0.2, -0.15) is 0 Å². The van der Waals surface area contributed by atoms with Crippen molar-refractivity contribution in [2.75, 3.05) is 53.4 Å². The quantitative estimate of drug-likeness (QED) is 0.777. The van der Waals surface area contributed by atoms with E-state index < -0.39 is 0 Å². The highest BCUT2D eigenvalue weighted by Crippen LogP contribution is 2.21. The van der Waals surface area contributed by atoms with Crippen LogP contribution in [0.2, 0.25) is 0 Å². The molecule has 1 aromatic carbocycles. The first-order chi connectivity index (χ1) is 12.5. The lowest BCUT2D eigenvalue weighted by atomic mass is 9.98. The molecule has 26 heavy (non-hydrogen) atoms. The third kappa shape index (κ3) is 5.53. The van der Waals surface area contributed by atoms with Gasteiger partial charge in [0.15, 0.2) is 0 Å². The second kappa shape index (κ2) is 9.32. The van der Waals surface area contributed by atoms with Gasteiger partial charge in [-0.1, -0.05) is 12.1 Å². The molecule has 0 radical (unpaired) electrons. The van der Waals surface area contributed by atoms with E-state index >= 15 is 0 Å². The Bertz CT molecular complexity index is 575. The van der Waals surface area contributed by atoms with Crippen LogP contribution in [0, 0.1) is 13.8 Å². The Kier molecular flexibility index (Phi) is 7.10. The summed E-state index contributed by atoms with van der Waals surface area (Å²) in [6, 6.07) is 4.84. The molecule has 2 aliphatic heterocycles. The Hall–Kier alpha value is -0.940. The molecule has 2 aliphatic rings. The molecule has 2 fully saturated rings. The van der Waals surface area contributed by atoms with E-state index in [0.717, 1.165) is 26.2 Å². The number of hydrogen-bond acceptors (Lipinski definition) is 4. The lowest BCUT2D eigenvalue weighted by molar-refractivity contribution is -0.00262. The molecule has 2 heterocycles. The van der Waals surface area contributed by atoms with Crippen molar-refractivity contribution in [2.24, 2.45) is 0 Å². The second-order valence-electron chi connectivity index (χ2n) is 8.47. The SMILES string of the molecule is Cc1cc(C)c(CN2CCN(C)CC2)cc1CN(C)CC1CCCCO1. The van der Waals surface area contributed by atoms with Gasteiger partial charge in [0.25, 0.3) is 0 Å². The molecule has 1 atom stereocenters. The molecule has 0 aliphatic carbocycles. The highest BCUT2D eigenvalue weighted by Gasteiger charge is 2.18. The van der Waals surface area contributed by atoms with Gasteiger partial charge in [-0.05, 0) is 69.5 Å². The summed E-state index contributed by atoms with van der Waals surface area (Å²) in [7, 11) is 4.45. The summed E-state index contributed by atoms with van der Waals surface area (Å²) in [4.78, 5) is 7.46. The molecular weight excluding hydrogens is 322 g/mol. The largest absolute Gasteiger partial charge is 0.377 e. The minimum Gasteiger partial charge on any atom is -0.377 e. The number of aryl methyl sites for hydroxylation is 2. The zero-order valence-electron chi connectivity index (χ0n) is 17.3. The van der Waals surface area contributed by atoms with Gasteiger partial charge in [-0.15, -0.1) is 0 Å². The topological polar surface area (TPSA) is 19.0 Å². The molecule has 3 rings (SSSR count). The number of piperazine rings is 1. The van der Waals surface area contributed by atoms with Gasteiger partial charge in [0.2, 0.25) is 0 Å². The van der Waals surface area contributed by atoms with E-state index in [0.29, 0.717) is 6.10 Å². The van der Waals surface area contributed by atoms with Gasteiger partial charge < -0.3 is 9.64 Å². The van der Waals surface area contributed by atoms with Crippen molar-refractivity contribution >= 4 is 0 Å². The first-order valence-electron chi connectivity index (χ1n) is 10.3. The Balaban J connectivity index is 1.61. The van der Waals surface area contributed by atoms with Crippen LogP contribution in [0.5, 0.6) is 0 Å². The summed E-state index contributed by atoms with van der Waals surface area (Å²) in [5, 5.41) is 0. The maximum atomic E-state index is 5.92.